The molecule has 1 saturated heterocycles. The van der Waals surface area contributed by atoms with E-state index in [1.165, 1.54) is 10.5 Å². The smallest absolute Gasteiger partial charge is 0.240 e. The lowest BCUT2D eigenvalue weighted by atomic mass is 9.81. The van der Waals surface area contributed by atoms with Crippen molar-refractivity contribution in [2.75, 3.05) is 26.2 Å². The maximum Gasteiger partial charge on any atom is 0.240 e. The van der Waals surface area contributed by atoms with Gasteiger partial charge in [-0.05, 0) is 37.9 Å². The Bertz CT molecular complexity index is 693. The largest absolute Gasteiger partial charge is 0.353 e. The highest BCUT2D eigenvalue weighted by Crippen LogP contribution is 2.37. The summed E-state index contributed by atoms with van der Waals surface area (Å²) in [5.74, 6) is -0.967. The van der Waals surface area contributed by atoms with Gasteiger partial charge in [-0.1, -0.05) is 57.0 Å². The molecule has 2 fully saturated rings. The second-order valence-corrected chi connectivity index (χ2v) is 8.13. The van der Waals surface area contributed by atoms with Gasteiger partial charge in [-0.2, -0.15) is 0 Å². The highest BCUT2D eigenvalue weighted by Gasteiger charge is 2.48. The number of carbonyl (C=O) groups excluding carboxylic acids is 3. The van der Waals surface area contributed by atoms with Crippen LogP contribution in [0.15, 0.2) is 30.3 Å². The number of likely N-dealkylation sites (tertiary alicyclic amines) is 1. The predicted octanol–water partition coefficient (Wildman–Crippen LogP) is 2.23. The fraction of sp³-hybridized carbons (Fsp3) is 0.609. The average molecular weight is 400 g/mol. The van der Waals surface area contributed by atoms with E-state index in [1.807, 2.05) is 18.2 Å². The monoisotopic (exact) mass is 399 g/mol. The van der Waals surface area contributed by atoms with Crippen LogP contribution in [0.2, 0.25) is 0 Å². The zero-order valence-corrected chi connectivity index (χ0v) is 17.6. The molecule has 0 aromatic heterocycles. The first kappa shape index (κ1) is 21.5. The van der Waals surface area contributed by atoms with E-state index in [9.17, 15) is 14.4 Å². The first-order valence-corrected chi connectivity index (χ1v) is 10.9. The van der Waals surface area contributed by atoms with Crippen LogP contribution in [0.4, 0.5) is 0 Å². The summed E-state index contributed by atoms with van der Waals surface area (Å²) in [5, 5.41) is 2.97. The standard InChI is InChI=1S/C23H33N3O3/c1-3-25(4-2)18(14-17-10-6-5-7-11-17)15-24-21(27)16-26-22(28)19-12-8-9-13-20(19)23(26)29/h5-7,10-11,18-20H,3-4,8-9,12-16H2,1-2H3,(H,24,27). The summed E-state index contributed by atoms with van der Waals surface area (Å²) in [6.45, 7) is 6.38. The van der Waals surface area contributed by atoms with Crippen LogP contribution in [-0.2, 0) is 20.8 Å². The maximum absolute atomic E-state index is 12.6. The molecule has 1 aromatic rings. The van der Waals surface area contributed by atoms with Crippen LogP contribution in [0.25, 0.3) is 0 Å². The molecule has 29 heavy (non-hydrogen) atoms. The molecule has 2 aliphatic rings. The minimum Gasteiger partial charge on any atom is -0.353 e. The molecule has 0 radical (unpaired) electrons. The van der Waals surface area contributed by atoms with Crippen molar-refractivity contribution in [3.05, 3.63) is 35.9 Å². The van der Waals surface area contributed by atoms with Crippen molar-refractivity contribution < 1.29 is 14.4 Å². The Hall–Kier alpha value is -2.21. The minimum atomic E-state index is -0.254. The van der Waals surface area contributed by atoms with Gasteiger partial charge >= 0.3 is 0 Å². The van der Waals surface area contributed by atoms with Gasteiger partial charge in [0.1, 0.15) is 6.54 Å². The fourth-order valence-electron chi connectivity index (χ4n) is 4.77. The fourth-order valence-corrected chi connectivity index (χ4v) is 4.77. The van der Waals surface area contributed by atoms with Gasteiger partial charge in [-0.25, -0.2) is 0 Å². The van der Waals surface area contributed by atoms with E-state index in [0.717, 1.165) is 45.2 Å². The summed E-state index contributed by atoms with van der Waals surface area (Å²) >= 11 is 0. The molecule has 3 rings (SSSR count). The number of fused-ring (bicyclic) bond motifs is 1. The molecule has 1 aliphatic heterocycles. The normalized spacial score (nSPS) is 22.7. The molecule has 6 nitrogen and oxygen atoms in total. The molecule has 3 amide bonds. The molecule has 0 bridgehead atoms. The number of likely N-dealkylation sites (N-methyl/N-ethyl adjacent to an activating group) is 1. The molecule has 3 unspecified atom stereocenters. The van der Waals surface area contributed by atoms with Crippen molar-refractivity contribution in [2.24, 2.45) is 11.8 Å². The topological polar surface area (TPSA) is 69.7 Å². The van der Waals surface area contributed by atoms with Crippen molar-refractivity contribution in [3.63, 3.8) is 0 Å². The third-order valence-corrected chi connectivity index (χ3v) is 6.41. The molecule has 158 valence electrons. The number of hydrogen-bond acceptors (Lipinski definition) is 4. The van der Waals surface area contributed by atoms with Crippen LogP contribution < -0.4 is 5.32 Å². The van der Waals surface area contributed by atoms with E-state index in [0.29, 0.717) is 6.54 Å². The van der Waals surface area contributed by atoms with Crippen molar-refractivity contribution in [2.45, 2.75) is 52.0 Å². The van der Waals surface area contributed by atoms with Crippen LogP contribution in [0.5, 0.6) is 0 Å². The van der Waals surface area contributed by atoms with Gasteiger partial charge < -0.3 is 5.32 Å². The summed E-state index contributed by atoms with van der Waals surface area (Å²) < 4.78 is 0. The third kappa shape index (κ3) is 5.04. The Balaban J connectivity index is 1.58. The zero-order valence-electron chi connectivity index (χ0n) is 17.6. The molecular weight excluding hydrogens is 366 g/mol. The summed E-state index contributed by atoms with van der Waals surface area (Å²) in [4.78, 5) is 41.3. The van der Waals surface area contributed by atoms with Gasteiger partial charge in [-0.3, -0.25) is 24.2 Å². The minimum absolute atomic E-state index is 0.152. The van der Waals surface area contributed by atoms with E-state index >= 15 is 0 Å². The Morgan fingerprint density at radius 3 is 2.21 bits per heavy atom. The summed E-state index contributed by atoms with van der Waals surface area (Å²) in [6, 6.07) is 10.4. The quantitative estimate of drug-likeness (QED) is 0.647. The lowest BCUT2D eigenvalue weighted by molar-refractivity contribution is -0.143. The molecule has 3 atom stereocenters. The van der Waals surface area contributed by atoms with E-state index < -0.39 is 0 Å². The van der Waals surface area contributed by atoms with Crippen LogP contribution in [0.1, 0.15) is 45.1 Å². The van der Waals surface area contributed by atoms with Gasteiger partial charge in [0.2, 0.25) is 17.7 Å². The molecule has 6 heteroatoms. The Labute approximate surface area is 173 Å². The number of rotatable bonds is 9. The number of nitrogens with zero attached hydrogens (tertiary/aromatic N) is 2. The Morgan fingerprint density at radius 2 is 1.66 bits per heavy atom. The van der Waals surface area contributed by atoms with Gasteiger partial charge in [0.25, 0.3) is 0 Å². The molecular formula is C23H33N3O3. The van der Waals surface area contributed by atoms with Crippen molar-refractivity contribution in [1.29, 1.82) is 0 Å². The first-order chi connectivity index (χ1) is 14.0. The SMILES string of the molecule is CCN(CC)C(CNC(=O)CN1C(=O)C2CCCCC2C1=O)Cc1ccccc1. The van der Waals surface area contributed by atoms with Gasteiger partial charge in [-0.15, -0.1) is 0 Å². The van der Waals surface area contributed by atoms with Gasteiger partial charge in [0, 0.05) is 12.6 Å². The molecule has 0 spiro atoms. The Morgan fingerprint density at radius 1 is 1.07 bits per heavy atom. The average Bonchev–Trinajstić information content (AvgIpc) is 2.98. The van der Waals surface area contributed by atoms with Crippen LogP contribution in [0, 0.1) is 11.8 Å². The third-order valence-electron chi connectivity index (χ3n) is 6.41. The molecule has 1 aliphatic carbocycles. The van der Waals surface area contributed by atoms with E-state index in [2.05, 4.69) is 36.2 Å². The van der Waals surface area contributed by atoms with Crippen molar-refractivity contribution >= 4 is 17.7 Å². The molecule has 1 heterocycles. The molecule has 1 saturated carbocycles. The molecule has 1 N–H and O–H groups in total. The number of hydrogen-bond donors (Lipinski definition) is 1. The second kappa shape index (κ2) is 10.0. The van der Waals surface area contributed by atoms with Crippen LogP contribution in [-0.4, -0.2) is 59.7 Å². The lowest BCUT2D eigenvalue weighted by Gasteiger charge is -2.30. The summed E-state index contributed by atoms with van der Waals surface area (Å²) in [6.07, 6.45) is 4.37. The van der Waals surface area contributed by atoms with E-state index in [1.54, 1.807) is 0 Å². The highest BCUT2D eigenvalue weighted by atomic mass is 16.2. The number of imide groups is 1. The van der Waals surface area contributed by atoms with Crippen molar-refractivity contribution in [1.82, 2.24) is 15.1 Å². The van der Waals surface area contributed by atoms with Gasteiger partial charge in [0.15, 0.2) is 0 Å². The highest BCUT2D eigenvalue weighted by molar-refractivity contribution is 6.07. The number of carbonyl (C=O) groups is 3. The summed E-state index contributed by atoms with van der Waals surface area (Å²) in [7, 11) is 0. The Kier molecular flexibility index (Phi) is 7.42. The second-order valence-electron chi connectivity index (χ2n) is 8.13. The van der Waals surface area contributed by atoms with Crippen LogP contribution in [0.3, 0.4) is 0 Å². The first-order valence-electron chi connectivity index (χ1n) is 10.9. The predicted molar refractivity (Wildman–Crippen MR) is 112 cm³/mol. The maximum atomic E-state index is 12.6. The number of benzene rings is 1. The zero-order chi connectivity index (χ0) is 20.8. The van der Waals surface area contributed by atoms with E-state index in [4.69, 9.17) is 0 Å². The van der Waals surface area contributed by atoms with Crippen molar-refractivity contribution in [3.8, 4) is 0 Å². The van der Waals surface area contributed by atoms with E-state index in [-0.39, 0.29) is 42.1 Å². The molecule has 1 aromatic carbocycles. The number of nitrogens with one attached hydrogen (secondary N) is 1. The summed E-state index contributed by atoms with van der Waals surface area (Å²) in [5.41, 5.74) is 1.23. The van der Waals surface area contributed by atoms with Gasteiger partial charge in [0.05, 0.1) is 11.8 Å². The van der Waals surface area contributed by atoms with Crippen LogP contribution >= 0.6 is 0 Å². The number of amides is 3. The lowest BCUT2D eigenvalue weighted by Crippen LogP contribution is -2.48.